The molecule has 240 valence electrons. The molecule has 3 aliphatic rings. The maximum Gasteiger partial charge on any atom is 0.511 e. The van der Waals surface area contributed by atoms with Gasteiger partial charge in [-0.3, -0.25) is 14.5 Å². The minimum Gasteiger partial charge on any atom is -0.431 e. The molecule has 0 aromatic carbocycles. The van der Waals surface area contributed by atoms with Gasteiger partial charge in [-0.25, -0.2) is 14.6 Å². The summed E-state index contributed by atoms with van der Waals surface area (Å²) in [7, 11) is 0. The number of aromatic nitrogens is 3. The highest BCUT2D eigenvalue weighted by Gasteiger charge is 2.54. The number of hydrogen-bond acceptors (Lipinski definition) is 16. The number of hydrogen-bond donors (Lipinski definition) is 2. The molecule has 0 bridgehead atoms. The van der Waals surface area contributed by atoms with Crippen LogP contribution in [0, 0.1) is 5.92 Å². The van der Waals surface area contributed by atoms with E-state index in [1.165, 1.54) is 46.5 Å². The Morgan fingerprint density at radius 2 is 2.00 bits per heavy atom. The SMILES string of the molecule is CC1CCC(OC(=O)OC(C)OC(=O)C2=C(/C=C\c3csnn3)CSC3C(NC(=O)/C=N\OCc4csc(N)n4)C(=O)N23)CC1. The van der Waals surface area contributed by atoms with Gasteiger partial charge in [-0.1, -0.05) is 22.6 Å². The lowest BCUT2D eigenvalue weighted by molar-refractivity contribution is -0.170. The van der Waals surface area contributed by atoms with Crippen molar-refractivity contribution in [1.29, 1.82) is 0 Å². The Bertz CT molecular complexity index is 1490. The number of carbonyl (C=O) groups excluding carboxylic acids is 4. The molecule has 1 saturated heterocycles. The Balaban J connectivity index is 1.21. The summed E-state index contributed by atoms with van der Waals surface area (Å²) >= 11 is 3.77. The molecule has 18 heteroatoms. The Kier molecular flexibility index (Phi) is 10.7. The van der Waals surface area contributed by atoms with Gasteiger partial charge in [-0.15, -0.1) is 28.2 Å². The summed E-state index contributed by atoms with van der Waals surface area (Å²) < 4.78 is 19.8. The van der Waals surface area contributed by atoms with E-state index in [1.54, 1.807) is 22.9 Å². The third-order valence-corrected chi connectivity index (χ3v) is 9.66. The average molecular weight is 678 g/mol. The minimum absolute atomic E-state index is 0.0232. The van der Waals surface area contributed by atoms with Gasteiger partial charge < -0.3 is 30.1 Å². The maximum atomic E-state index is 13.4. The molecule has 45 heavy (non-hydrogen) atoms. The number of amides is 2. The first-order valence-corrected chi connectivity index (χ1v) is 16.8. The van der Waals surface area contributed by atoms with E-state index >= 15 is 0 Å². The lowest BCUT2D eigenvalue weighted by Gasteiger charge is -2.49. The number of nitrogens with two attached hydrogens (primary N) is 1. The number of thiazole rings is 1. The summed E-state index contributed by atoms with van der Waals surface area (Å²) in [4.78, 5) is 61.9. The van der Waals surface area contributed by atoms with Crippen LogP contribution in [0.4, 0.5) is 9.93 Å². The molecule has 4 heterocycles. The molecule has 2 aromatic rings. The summed E-state index contributed by atoms with van der Waals surface area (Å²) in [6, 6.07) is -0.926. The second-order valence-electron chi connectivity index (χ2n) is 10.5. The van der Waals surface area contributed by atoms with Crippen molar-refractivity contribution in [2.75, 3.05) is 11.5 Å². The van der Waals surface area contributed by atoms with Crippen molar-refractivity contribution in [1.82, 2.24) is 24.8 Å². The Hall–Kier alpha value is -4.03. The molecule has 2 fully saturated rings. The van der Waals surface area contributed by atoms with Gasteiger partial charge in [0.2, 0.25) is 6.29 Å². The summed E-state index contributed by atoms with van der Waals surface area (Å²) in [5.41, 5.74) is 7.17. The molecular formula is C27H31N7O8S3. The zero-order valence-corrected chi connectivity index (χ0v) is 26.8. The van der Waals surface area contributed by atoms with Crippen molar-refractivity contribution < 1.29 is 38.2 Å². The number of fused-ring (bicyclic) bond motifs is 1. The Labute approximate surface area is 270 Å². The molecule has 2 aromatic heterocycles. The highest BCUT2D eigenvalue weighted by Crippen LogP contribution is 2.41. The fraction of sp³-hybridized carbons (Fsp3) is 0.481. The molecule has 15 nitrogen and oxygen atoms in total. The number of β-lactam (4-membered cyclic amide) rings is 1. The largest absolute Gasteiger partial charge is 0.511 e. The number of nitrogens with zero attached hydrogens (tertiary/aromatic N) is 5. The van der Waals surface area contributed by atoms with Crippen molar-refractivity contribution in [2.24, 2.45) is 11.1 Å². The monoisotopic (exact) mass is 677 g/mol. The van der Waals surface area contributed by atoms with Crippen molar-refractivity contribution in [3.05, 3.63) is 39.5 Å². The van der Waals surface area contributed by atoms with Crippen LogP contribution in [0.25, 0.3) is 6.08 Å². The zero-order chi connectivity index (χ0) is 31.9. The van der Waals surface area contributed by atoms with E-state index in [1.807, 2.05) is 0 Å². The van der Waals surface area contributed by atoms with Crippen LogP contribution in [0.2, 0.25) is 0 Å². The Morgan fingerprint density at radius 1 is 1.20 bits per heavy atom. The molecule has 5 rings (SSSR count). The number of carbonyl (C=O) groups is 4. The van der Waals surface area contributed by atoms with Crippen LogP contribution < -0.4 is 11.1 Å². The predicted molar refractivity (Wildman–Crippen MR) is 165 cm³/mol. The van der Waals surface area contributed by atoms with E-state index in [2.05, 4.69) is 32.0 Å². The first-order valence-electron chi connectivity index (χ1n) is 14.0. The van der Waals surface area contributed by atoms with Crippen LogP contribution in [0.1, 0.15) is 50.9 Å². The first-order chi connectivity index (χ1) is 21.7. The quantitative estimate of drug-likeness (QED) is 0.116. The van der Waals surface area contributed by atoms with Gasteiger partial charge in [0, 0.05) is 23.4 Å². The van der Waals surface area contributed by atoms with E-state index in [0.29, 0.717) is 33.8 Å². The molecule has 0 radical (unpaired) electrons. The van der Waals surface area contributed by atoms with Crippen LogP contribution >= 0.6 is 34.6 Å². The second-order valence-corrected chi connectivity index (χ2v) is 13.1. The number of esters is 1. The van der Waals surface area contributed by atoms with E-state index in [0.717, 1.165) is 31.9 Å². The third kappa shape index (κ3) is 8.37. The second kappa shape index (κ2) is 14.8. The number of nitrogen functional groups attached to an aromatic ring is 1. The van der Waals surface area contributed by atoms with Gasteiger partial charge in [-0.2, -0.15) is 0 Å². The molecule has 2 aliphatic heterocycles. The van der Waals surface area contributed by atoms with Gasteiger partial charge >= 0.3 is 12.1 Å². The third-order valence-electron chi connectivity index (χ3n) is 7.11. The van der Waals surface area contributed by atoms with Crippen LogP contribution in [0.15, 0.2) is 33.3 Å². The van der Waals surface area contributed by atoms with Gasteiger partial charge in [0.1, 0.15) is 29.4 Å². The zero-order valence-electron chi connectivity index (χ0n) is 24.3. The molecule has 2 amide bonds. The number of nitrogens with one attached hydrogen (secondary N) is 1. The molecule has 1 saturated carbocycles. The summed E-state index contributed by atoms with van der Waals surface area (Å²) in [5.74, 6) is -1.17. The van der Waals surface area contributed by atoms with Gasteiger partial charge in [0.25, 0.3) is 11.8 Å². The lowest BCUT2D eigenvalue weighted by Crippen LogP contribution is -2.70. The van der Waals surface area contributed by atoms with E-state index < -0.39 is 41.6 Å². The topological polar surface area (TPSA) is 198 Å². The number of allylic oxidation sites excluding steroid dienone is 1. The van der Waals surface area contributed by atoms with Crippen molar-refractivity contribution in [2.45, 2.75) is 69.9 Å². The summed E-state index contributed by atoms with van der Waals surface area (Å²) in [6.45, 7) is 3.57. The van der Waals surface area contributed by atoms with Crippen molar-refractivity contribution in [3.63, 3.8) is 0 Å². The number of thioether (sulfide) groups is 1. The number of ether oxygens (including phenoxy) is 3. The normalized spacial score (nSPS) is 23.8. The van der Waals surface area contributed by atoms with Gasteiger partial charge in [0.05, 0.1) is 11.4 Å². The van der Waals surface area contributed by atoms with E-state index in [-0.39, 0.29) is 18.4 Å². The molecule has 3 N–H and O–H groups in total. The molecule has 1 aliphatic carbocycles. The van der Waals surface area contributed by atoms with Gasteiger partial charge in [-0.05, 0) is 54.8 Å². The molecular weight excluding hydrogens is 647 g/mol. The summed E-state index contributed by atoms with van der Waals surface area (Å²) in [5, 5.41) is 13.4. The highest BCUT2D eigenvalue weighted by atomic mass is 32.2. The van der Waals surface area contributed by atoms with Crippen LogP contribution in [0.5, 0.6) is 0 Å². The van der Waals surface area contributed by atoms with E-state index in [9.17, 15) is 19.2 Å². The van der Waals surface area contributed by atoms with E-state index in [4.69, 9.17) is 24.8 Å². The first kappa shape index (κ1) is 32.4. The molecule has 0 spiro atoms. The Morgan fingerprint density at radius 3 is 2.71 bits per heavy atom. The highest BCUT2D eigenvalue weighted by molar-refractivity contribution is 8.00. The predicted octanol–water partition coefficient (Wildman–Crippen LogP) is 3.07. The van der Waals surface area contributed by atoms with Crippen LogP contribution in [0.3, 0.4) is 0 Å². The standard InChI is InChI=1S/C27H31N7O8S3/c1-14-3-7-19(8-4-14)42-27(38)41-15(2)40-25(37)22-16(5-6-17-13-45-33-32-17)11-43-24-21(23(36)34(22)24)31-20(35)9-29-39-10-18-12-44-26(28)30-18/h5-6,9,12-15,19,21,24H,3-4,7-8,10-11H2,1-2H3,(H2,28,30)(H,31,35)/b6-5-,29-9-. The molecule has 3 atom stereocenters. The molecule has 3 unspecified atom stereocenters. The minimum atomic E-state index is -1.29. The number of oxime groups is 1. The average Bonchev–Trinajstić information content (AvgIpc) is 3.69. The maximum absolute atomic E-state index is 13.4. The number of rotatable bonds is 11. The number of anilines is 1. The van der Waals surface area contributed by atoms with Crippen molar-refractivity contribution >= 4 is 76.0 Å². The lowest BCUT2D eigenvalue weighted by atomic mass is 9.89. The fourth-order valence-corrected chi connectivity index (χ4v) is 7.12. The van der Waals surface area contributed by atoms with Crippen LogP contribution in [-0.4, -0.2) is 79.2 Å². The smallest absolute Gasteiger partial charge is 0.431 e. The van der Waals surface area contributed by atoms with Gasteiger partial charge in [0.15, 0.2) is 11.7 Å². The summed E-state index contributed by atoms with van der Waals surface area (Å²) in [6.07, 6.45) is 5.17. The van der Waals surface area contributed by atoms with Crippen LogP contribution in [-0.2, 0) is 40.0 Å². The fourth-order valence-electron chi connectivity index (χ4n) is 4.84. The van der Waals surface area contributed by atoms with Crippen molar-refractivity contribution in [3.8, 4) is 0 Å².